The quantitative estimate of drug-likeness (QED) is 0.879. The van der Waals surface area contributed by atoms with Gasteiger partial charge < -0.3 is 10.2 Å². The Kier molecular flexibility index (Phi) is 4.61. The summed E-state index contributed by atoms with van der Waals surface area (Å²) in [6, 6.07) is 5.64. The highest BCUT2D eigenvalue weighted by molar-refractivity contribution is 5.87. The van der Waals surface area contributed by atoms with E-state index in [1.54, 1.807) is 18.6 Å². The molecule has 1 saturated heterocycles. The zero-order chi connectivity index (χ0) is 16.1. The van der Waals surface area contributed by atoms with Crippen molar-refractivity contribution >= 4 is 17.5 Å². The number of piperidine rings is 1. The molecule has 0 radical (unpaired) electrons. The number of nitrogens with zero attached hydrogens (tertiary/aromatic N) is 4. The molecule has 2 aromatic heterocycles. The minimum atomic E-state index is -0.0175. The number of likely N-dealkylation sites (tertiary alicyclic amines) is 1. The lowest BCUT2D eigenvalue weighted by molar-refractivity contribution is -0.127. The molecule has 0 saturated carbocycles. The van der Waals surface area contributed by atoms with Gasteiger partial charge in [-0.3, -0.25) is 9.78 Å². The zero-order valence-corrected chi connectivity index (χ0v) is 12.9. The van der Waals surface area contributed by atoms with Crippen molar-refractivity contribution in [3.05, 3.63) is 55.1 Å². The third-order valence-electron chi connectivity index (χ3n) is 3.92. The number of carbonyl (C=O) groups is 1. The highest BCUT2D eigenvalue weighted by Crippen LogP contribution is 2.25. The van der Waals surface area contributed by atoms with E-state index in [9.17, 15) is 4.79 Å². The van der Waals surface area contributed by atoms with Crippen LogP contribution in [0.3, 0.4) is 0 Å². The molecule has 3 heterocycles. The molecule has 1 atom stereocenters. The number of nitrogens with one attached hydrogen (secondary N) is 1. The molecule has 23 heavy (non-hydrogen) atoms. The Hall–Kier alpha value is -2.76. The summed E-state index contributed by atoms with van der Waals surface area (Å²) in [5.41, 5.74) is 0.915. The molecule has 3 rings (SSSR count). The van der Waals surface area contributed by atoms with Crippen LogP contribution in [0, 0.1) is 0 Å². The fourth-order valence-corrected chi connectivity index (χ4v) is 2.73. The van der Waals surface area contributed by atoms with E-state index >= 15 is 0 Å². The number of carbonyl (C=O) groups excluding carboxylic acids is 1. The number of hydrogen-bond acceptors (Lipinski definition) is 5. The maximum atomic E-state index is 11.8. The van der Waals surface area contributed by atoms with Crippen LogP contribution in [-0.4, -0.2) is 38.8 Å². The molecule has 118 valence electrons. The zero-order valence-electron chi connectivity index (χ0n) is 12.9. The first-order valence-corrected chi connectivity index (χ1v) is 7.67. The number of anilines is 2. The molecule has 2 aromatic rings. The largest absolute Gasteiger partial charge is 0.339 e. The molecule has 1 N–H and O–H groups in total. The van der Waals surface area contributed by atoms with E-state index in [1.165, 1.54) is 6.08 Å². The molecule has 0 spiro atoms. The van der Waals surface area contributed by atoms with Crippen molar-refractivity contribution in [3.8, 4) is 0 Å². The Morgan fingerprint density at radius 2 is 2.17 bits per heavy atom. The van der Waals surface area contributed by atoms with Gasteiger partial charge in [-0.1, -0.05) is 12.6 Å². The minimum absolute atomic E-state index is 0.0175. The molecule has 6 heteroatoms. The number of amides is 1. The van der Waals surface area contributed by atoms with Gasteiger partial charge >= 0.3 is 0 Å². The van der Waals surface area contributed by atoms with E-state index in [0.29, 0.717) is 12.4 Å². The second-order valence-corrected chi connectivity index (χ2v) is 5.49. The maximum Gasteiger partial charge on any atom is 0.245 e. The van der Waals surface area contributed by atoms with E-state index in [0.717, 1.165) is 30.9 Å². The highest BCUT2D eigenvalue weighted by atomic mass is 16.2. The van der Waals surface area contributed by atoms with E-state index in [4.69, 9.17) is 0 Å². The van der Waals surface area contributed by atoms with Crippen LogP contribution in [0.4, 0.5) is 11.6 Å². The van der Waals surface area contributed by atoms with Crippen LogP contribution < -0.4 is 5.32 Å². The van der Waals surface area contributed by atoms with Crippen molar-refractivity contribution in [2.75, 3.05) is 18.4 Å². The fourth-order valence-electron chi connectivity index (χ4n) is 2.73. The van der Waals surface area contributed by atoms with Crippen molar-refractivity contribution < 1.29 is 4.79 Å². The van der Waals surface area contributed by atoms with Crippen LogP contribution in [0.2, 0.25) is 0 Å². The van der Waals surface area contributed by atoms with Gasteiger partial charge in [-0.2, -0.15) is 0 Å². The highest BCUT2D eigenvalue weighted by Gasteiger charge is 2.24. The standard InChI is InChI=1S/C17H19N5O/c1-2-17(23)22-9-5-6-13(12-22)14-10-20-16(11-19-14)21-15-7-3-4-8-18-15/h2-4,7-8,10-11,13H,1,5-6,9,12H2,(H,18,20,21). The minimum Gasteiger partial charge on any atom is -0.339 e. The smallest absolute Gasteiger partial charge is 0.245 e. The Balaban J connectivity index is 1.67. The molecule has 0 aliphatic carbocycles. The third kappa shape index (κ3) is 3.71. The van der Waals surface area contributed by atoms with Gasteiger partial charge in [0.1, 0.15) is 11.6 Å². The molecular weight excluding hydrogens is 290 g/mol. The van der Waals surface area contributed by atoms with E-state index < -0.39 is 0 Å². The Morgan fingerprint density at radius 1 is 1.26 bits per heavy atom. The van der Waals surface area contributed by atoms with Crippen LogP contribution in [0.25, 0.3) is 0 Å². The van der Waals surface area contributed by atoms with Gasteiger partial charge in [0.15, 0.2) is 0 Å². The topological polar surface area (TPSA) is 71.0 Å². The van der Waals surface area contributed by atoms with Gasteiger partial charge in [-0.05, 0) is 31.1 Å². The van der Waals surface area contributed by atoms with Gasteiger partial charge in [0.05, 0.1) is 18.1 Å². The molecule has 0 bridgehead atoms. The van der Waals surface area contributed by atoms with Crippen LogP contribution >= 0.6 is 0 Å². The molecule has 1 aliphatic rings. The lowest BCUT2D eigenvalue weighted by atomic mass is 9.95. The average Bonchev–Trinajstić information content (AvgIpc) is 2.62. The fraction of sp³-hybridized carbons (Fsp3) is 0.294. The summed E-state index contributed by atoms with van der Waals surface area (Å²) in [6.45, 7) is 5.01. The summed E-state index contributed by atoms with van der Waals surface area (Å²) in [7, 11) is 0. The molecule has 6 nitrogen and oxygen atoms in total. The Labute approximate surface area is 135 Å². The summed E-state index contributed by atoms with van der Waals surface area (Å²) < 4.78 is 0. The average molecular weight is 309 g/mol. The maximum absolute atomic E-state index is 11.8. The van der Waals surface area contributed by atoms with Crippen LogP contribution in [0.5, 0.6) is 0 Å². The Morgan fingerprint density at radius 3 is 2.87 bits per heavy atom. The summed E-state index contributed by atoms with van der Waals surface area (Å²) in [5.74, 6) is 1.59. The lowest BCUT2D eigenvalue weighted by Crippen LogP contribution is -2.38. The summed E-state index contributed by atoms with van der Waals surface area (Å²) in [4.78, 5) is 26.7. The SMILES string of the molecule is C=CC(=O)N1CCCC(c2cnc(Nc3ccccn3)cn2)C1. The van der Waals surface area contributed by atoms with Gasteiger partial charge in [0, 0.05) is 25.2 Å². The lowest BCUT2D eigenvalue weighted by Gasteiger charge is -2.31. The van der Waals surface area contributed by atoms with Crippen molar-refractivity contribution in [1.29, 1.82) is 0 Å². The van der Waals surface area contributed by atoms with Crippen molar-refractivity contribution in [2.24, 2.45) is 0 Å². The van der Waals surface area contributed by atoms with Crippen molar-refractivity contribution in [1.82, 2.24) is 19.9 Å². The first kappa shape index (κ1) is 15.1. The second-order valence-electron chi connectivity index (χ2n) is 5.49. The monoisotopic (exact) mass is 309 g/mol. The number of rotatable bonds is 4. The van der Waals surface area contributed by atoms with Gasteiger partial charge in [-0.15, -0.1) is 0 Å². The van der Waals surface area contributed by atoms with Gasteiger partial charge in [0.2, 0.25) is 5.91 Å². The van der Waals surface area contributed by atoms with Crippen LogP contribution in [0.1, 0.15) is 24.5 Å². The number of pyridine rings is 1. The number of aromatic nitrogens is 3. The summed E-state index contributed by atoms with van der Waals surface area (Å²) in [6.07, 6.45) is 8.56. The predicted molar refractivity (Wildman–Crippen MR) is 88.3 cm³/mol. The van der Waals surface area contributed by atoms with Gasteiger partial charge in [0.25, 0.3) is 0 Å². The molecule has 1 aliphatic heterocycles. The summed E-state index contributed by atoms with van der Waals surface area (Å²) >= 11 is 0. The molecule has 1 unspecified atom stereocenters. The van der Waals surface area contributed by atoms with Crippen LogP contribution in [0.15, 0.2) is 49.4 Å². The van der Waals surface area contributed by atoms with E-state index in [1.807, 2.05) is 23.1 Å². The Bertz CT molecular complexity index is 671. The van der Waals surface area contributed by atoms with Crippen LogP contribution in [-0.2, 0) is 4.79 Å². The summed E-state index contributed by atoms with van der Waals surface area (Å²) in [5, 5.41) is 3.11. The molecule has 1 amide bonds. The predicted octanol–water partition coefficient (Wildman–Crippen LogP) is 2.51. The first-order valence-electron chi connectivity index (χ1n) is 7.67. The van der Waals surface area contributed by atoms with Crippen molar-refractivity contribution in [2.45, 2.75) is 18.8 Å². The van der Waals surface area contributed by atoms with Gasteiger partial charge in [-0.25, -0.2) is 9.97 Å². The molecule has 0 aromatic carbocycles. The molecular formula is C17H19N5O. The normalized spacial score (nSPS) is 17.6. The molecule has 1 fully saturated rings. The first-order chi connectivity index (χ1) is 11.3. The third-order valence-corrected chi connectivity index (χ3v) is 3.92. The second kappa shape index (κ2) is 7.00. The van der Waals surface area contributed by atoms with Crippen molar-refractivity contribution in [3.63, 3.8) is 0 Å². The number of hydrogen-bond donors (Lipinski definition) is 1. The van der Waals surface area contributed by atoms with E-state index in [2.05, 4.69) is 26.8 Å². The van der Waals surface area contributed by atoms with E-state index in [-0.39, 0.29) is 11.8 Å².